The van der Waals surface area contributed by atoms with Crippen molar-refractivity contribution < 1.29 is 4.74 Å². The van der Waals surface area contributed by atoms with E-state index < -0.39 is 0 Å². The van der Waals surface area contributed by atoms with Gasteiger partial charge in [-0.15, -0.1) is 0 Å². The Kier molecular flexibility index (Phi) is 2.07. The molecule has 2 heteroatoms. The SMILES string of the molecule is Cc1ccc2c(c1)C(CN)=CCO2. The van der Waals surface area contributed by atoms with Gasteiger partial charge in [-0.3, -0.25) is 0 Å². The second-order valence-corrected chi connectivity index (χ2v) is 3.24. The van der Waals surface area contributed by atoms with E-state index in [1.807, 2.05) is 12.1 Å². The first-order valence-corrected chi connectivity index (χ1v) is 4.44. The summed E-state index contributed by atoms with van der Waals surface area (Å²) in [6.07, 6.45) is 2.04. The summed E-state index contributed by atoms with van der Waals surface area (Å²) in [6, 6.07) is 6.18. The van der Waals surface area contributed by atoms with Crippen LogP contribution in [0.5, 0.6) is 5.75 Å². The molecule has 68 valence electrons. The molecule has 2 nitrogen and oxygen atoms in total. The normalized spacial score (nSPS) is 14.5. The number of hydrogen-bond donors (Lipinski definition) is 1. The number of rotatable bonds is 1. The first-order chi connectivity index (χ1) is 6.31. The van der Waals surface area contributed by atoms with Crippen LogP contribution in [0.25, 0.3) is 5.57 Å². The van der Waals surface area contributed by atoms with Crippen molar-refractivity contribution in [3.8, 4) is 5.75 Å². The number of ether oxygens (including phenoxy) is 1. The standard InChI is InChI=1S/C11H13NO/c1-8-2-3-11-10(6-8)9(7-12)4-5-13-11/h2-4,6H,5,7,12H2,1H3. The van der Waals surface area contributed by atoms with Gasteiger partial charge in [0.1, 0.15) is 12.4 Å². The van der Waals surface area contributed by atoms with Crippen LogP contribution in [0.3, 0.4) is 0 Å². The first-order valence-electron chi connectivity index (χ1n) is 4.44. The molecule has 0 unspecified atom stereocenters. The minimum absolute atomic E-state index is 0.583. The second kappa shape index (κ2) is 3.23. The van der Waals surface area contributed by atoms with Gasteiger partial charge >= 0.3 is 0 Å². The van der Waals surface area contributed by atoms with Gasteiger partial charge in [0.15, 0.2) is 0 Å². The van der Waals surface area contributed by atoms with Crippen molar-refractivity contribution >= 4 is 5.57 Å². The van der Waals surface area contributed by atoms with E-state index in [4.69, 9.17) is 10.5 Å². The summed E-state index contributed by atoms with van der Waals surface area (Å²) in [5.41, 5.74) is 9.22. The summed E-state index contributed by atoms with van der Waals surface area (Å²) in [7, 11) is 0. The number of aryl methyl sites for hydroxylation is 1. The van der Waals surface area contributed by atoms with Crippen LogP contribution in [-0.2, 0) is 0 Å². The lowest BCUT2D eigenvalue weighted by Crippen LogP contribution is -2.10. The fraction of sp³-hybridized carbons (Fsp3) is 0.273. The average molecular weight is 175 g/mol. The topological polar surface area (TPSA) is 35.2 Å². The van der Waals surface area contributed by atoms with Gasteiger partial charge in [0.25, 0.3) is 0 Å². The van der Waals surface area contributed by atoms with E-state index in [-0.39, 0.29) is 0 Å². The Bertz CT molecular complexity index is 355. The van der Waals surface area contributed by atoms with Crippen molar-refractivity contribution in [1.29, 1.82) is 0 Å². The Morgan fingerprint density at radius 1 is 1.46 bits per heavy atom. The fourth-order valence-electron chi connectivity index (χ4n) is 1.56. The Morgan fingerprint density at radius 2 is 2.31 bits per heavy atom. The summed E-state index contributed by atoms with van der Waals surface area (Å²) in [5.74, 6) is 0.952. The highest BCUT2D eigenvalue weighted by Gasteiger charge is 2.11. The molecule has 1 aliphatic rings. The number of fused-ring (bicyclic) bond motifs is 1. The molecule has 0 saturated heterocycles. The van der Waals surface area contributed by atoms with Crippen LogP contribution in [0.15, 0.2) is 24.3 Å². The molecule has 0 saturated carbocycles. The molecule has 1 aliphatic heterocycles. The summed E-state index contributed by atoms with van der Waals surface area (Å²) >= 11 is 0. The van der Waals surface area contributed by atoms with Crippen molar-refractivity contribution in [2.45, 2.75) is 6.92 Å². The maximum absolute atomic E-state index is 5.64. The van der Waals surface area contributed by atoms with Crippen LogP contribution in [0, 0.1) is 6.92 Å². The lowest BCUT2D eigenvalue weighted by molar-refractivity contribution is 0.357. The smallest absolute Gasteiger partial charge is 0.127 e. The molecule has 0 radical (unpaired) electrons. The van der Waals surface area contributed by atoms with Gasteiger partial charge in [-0.1, -0.05) is 11.6 Å². The van der Waals surface area contributed by atoms with Crippen molar-refractivity contribution in [3.63, 3.8) is 0 Å². The van der Waals surface area contributed by atoms with Gasteiger partial charge in [-0.05, 0) is 30.7 Å². The Hall–Kier alpha value is -1.28. The van der Waals surface area contributed by atoms with Crippen LogP contribution in [0.2, 0.25) is 0 Å². The van der Waals surface area contributed by atoms with E-state index in [1.54, 1.807) is 0 Å². The third-order valence-electron chi connectivity index (χ3n) is 2.27. The molecule has 2 rings (SSSR count). The molecule has 2 N–H and O–H groups in total. The van der Waals surface area contributed by atoms with Crippen LogP contribution < -0.4 is 10.5 Å². The molecule has 0 fully saturated rings. The maximum atomic E-state index is 5.64. The molecule has 0 bridgehead atoms. The first kappa shape index (κ1) is 8.32. The lowest BCUT2D eigenvalue weighted by atomic mass is 10.0. The van der Waals surface area contributed by atoms with Gasteiger partial charge in [0.2, 0.25) is 0 Å². The third kappa shape index (κ3) is 1.45. The van der Waals surface area contributed by atoms with Crippen molar-refractivity contribution in [2.75, 3.05) is 13.2 Å². The fourth-order valence-corrected chi connectivity index (χ4v) is 1.56. The van der Waals surface area contributed by atoms with Crippen LogP contribution >= 0.6 is 0 Å². The minimum Gasteiger partial charge on any atom is -0.489 e. The Labute approximate surface area is 78.0 Å². The molecule has 1 heterocycles. The Morgan fingerprint density at radius 3 is 3.08 bits per heavy atom. The van der Waals surface area contributed by atoms with Crippen LogP contribution in [-0.4, -0.2) is 13.2 Å². The molecule has 0 atom stereocenters. The van der Waals surface area contributed by atoms with Gasteiger partial charge in [0, 0.05) is 12.1 Å². The quantitative estimate of drug-likeness (QED) is 0.705. The van der Waals surface area contributed by atoms with Gasteiger partial charge in [-0.2, -0.15) is 0 Å². The Balaban J connectivity index is 2.51. The van der Waals surface area contributed by atoms with Crippen molar-refractivity contribution in [2.24, 2.45) is 5.73 Å². The monoisotopic (exact) mass is 175 g/mol. The minimum atomic E-state index is 0.583. The number of hydrogen-bond acceptors (Lipinski definition) is 2. The molecule has 0 spiro atoms. The van der Waals surface area contributed by atoms with E-state index >= 15 is 0 Å². The second-order valence-electron chi connectivity index (χ2n) is 3.24. The molecule has 0 aromatic heterocycles. The summed E-state index contributed by atoms with van der Waals surface area (Å²) in [5, 5.41) is 0. The molecule has 0 aliphatic carbocycles. The molecule has 13 heavy (non-hydrogen) atoms. The van der Waals surface area contributed by atoms with E-state index in [0.717, 1.165) is 11.3 Å². The van der Waals surface area contributed by atoms with Gasteiger partial charge in [-0.25, -0.2) is 0 Å². The summed E-state index contributed by atoms with van der Waals surface area (Å²) in [6.45, 7) is 3.30. The van der Waals surface area contributed by atoms with Gasteiger partial charge in [0.05, 0.1) is 0 Å². The van der Waals surface area contributed by atoms with Crippen LogP contribution in [0.1, 0.15) is 11.1 Å². The lowest BCUT2D eigenvalue weighted by Gasteiger charge is -2.17. The van der Waals surface area contributed by atoms with E-state index in [1.165, 1.54) is 11.1 Å². The van der Waals surface area contributed by atoms with E-state index in [9.17, 15) is 0 Å². The summed E-state index contributed by atoms with van der Waals surface area (Å²) in [4.78, 5) is 0. The molecule has 1 aromatic carbocycles. The highest BCUT2D eigenvalue weighted by atomic mass is 16.5. The predicted octanol–water partition coefficient (Wildman–Crippen LogP) is 1.73. The predicted molar refractivity (Wildman–Crippen MR) is 53.7 cm³/mol. The maximum Gasteiger partial charge on any atom is 0.127 e. The average Bonchev–Trinajstić information content (AvgIpc) is 2.17. The third-order valence-corrected chi connectivity index (χ3v) is 2.27. The highest BCUT2D eigenvalue weighted by molar-refractivity contribution is 5.73. The molecular formula is C11H13NO. The largest absolute Gasteiger partial charge is 0.489 e. The number of nitrogens with two attached hydrogens (primary N) is 1. The van der Waals surface area contributed by atoms with Gasteiger partial charge < -0.3 is 10.5 Å². The zero-order chi connectivity index (χ0) is 9.26. The van der Waals surface area contributed by atoms with E-state index in [0.29, 0.717) is 13.2 Å². The zero-order valence-electron chi connectivity index (χ0n) is 7.71. The molecule has 1 aromatic rings. The molecule has 0 amide bonds. The molecular weight excluding hydrogens is 162 g/mol. The highest BCUT2D eigenvalue weighted by Crippen LogP contribution is 2.29. The van der Waals surface area contributed by atoms with Crippen molar-refractivity contribution in [1.82, 2.24) is 0 Å². The number of benzene rings is 1. The van der Waals surface area contributed by atoms with Crippen molar-refractivity contribution in [3.05, 3.63) is 35.4 Å². The van der Waals surface area contributed by atoms with E-state index in [2.05, 4.69) is 19.1 Å². The summed E-state index contributed by atoms with van der Waals surface area (Å²) < 4.78 is 5.48. The zero-order valence-corrected chi connectivity index (χ0v) is 7.71. The van der Waals surface area contributed by atoms with Crippen LogP contribution in [0.4, 0.5) is 0 Å².